The largest absolute Gasteiger partial charge is 0.314 e. The van der Waals surface area contributed by atoms with Gasteiger partial charge in [0.1, 0.15) is 0 Å². The third kappa shape index (κ3) is 3.15. The van der Waals surface area contributed by atoms with Crippen molar-refractivity contribution in [1.82, 2.24) is 14.5 Å². The van der Waals surface area contributed by atoms with E-state index in [0.29, 0.717) is 24.0 Å². The number of nitrogens with one attached hydrogen (secondary N) is 1. The summed E-state index contributed by atoms with van der Waals surface area (Å²) in [5.74, 6) is 0.724. The van der Waals surface area contributed by atoms with Gasteiger partial charge in [0.2, 0.25) is 10.0 Å². The van der Waals surface area contributed by atoms with Crippen molar-refractivity contribution < 1.29 is 8.42 Å². The summed E-state index contributed by atoms with van der Waals surface area (Å²) in [5, 5.41) is 3.72. The fourth-order valence-corrected chi connectivity index (χ4v) is 7.61. The first-order valence-corrected chi connectivity index (χ1v) is 12.2. The van der Waals surface area contributed by atoms with Crippen LogP contribution in [-0.2, 0) is 16.4 Å². The van der Waals surface area contributed by atoms with E-state index in [2.05, 4.69) is 16.3 Å². The molecule has 148 valence electrons. The number of sulfonamides is 1. The number of piperidine rings is 3. The summed E-state index contributed by atoms with van der Waals surface area (Å²) in [4.78, 5) is 3.16. The first-order chi connectivity index (χ1) is 13.1. The minimum Gasteiger partial charge on any atom is -0.314 e. The maximum Gasteiger partial charge on any atom is 0.243 e. The van der Waals surface area contributed by atoms with Gasteiger partial charge in [0.25, 0.3) is 0 Å². The lowest BCUT2D eigenvalue weighted by molar-refractivity contribution is 0.0536. The van der Waals surface area contributed by atoms with E-state index in [-0.39, 0.29) is 6.04 Å². The van der Waals surface area contributed by atoms with Gasteiger partial charge in [-0.3, -0.25) is 4.90 Å². The van der Waals surface area contributed by atoms with E-state index in [4.69, 9.17) is 0 Å². The van der Waals surface area contributed by atoms with E-state index in [1.54, 1.807) is 4.31 Å². The first-order valence-electron chi connectivity index (χ1n) is 10.7. The summed E-state index contributed by atoms with van der Waals surface area (Å²) in [6.07, 6.45) is 7.70. The standard InChI is InChI=1S/C21H31N3O2S/c25-27(26,24-11-2-1-3-12-24)20-8-4-6-16-9-13-23-15-17-7-5-10-22-18(17)14-19(23)21(16)20/h4,6,8,17-19,22H,1-3,5,7,9-15H2. The number of nitrogens with zero attached hydrogens (tertiary/aromatic N) is 2. The molecule has 1 aromatic rings. The Kier molecular flexibility index (Phi) is 4.79. The molecule has 5 rings (SSSR count). The molecule has 1 aromatic carbocycles. The summed E-state index contributed by atoms with van der Waals surface area (Å²) in [6.45, 7) is 4.63. The molecule has 4 heterocycles. The van der Waals surface area contributed by atoms with Gasteiger partial charge in [-0.25, -0.2) is 8.42 Å². The van der Waals surface area contributed by atoms with Crippen molar-refractivity contribution in [3.63, 3.8) is 0 Å². The van der Waals surface area contributed by atoms with E-state index < -0.39 is 10.0 Å². The fraction of sp³-hybridized carbons (Fsp3) is 0.714. The van der Waals surface area contributed by atoms with E-state index >= 15 is 0 Å². The van der Waals surface area contributed by atoms with Crippen molar-refractivity contribution in [3.05, 3.63) is 29.3 Å². The van der Waals surface area contributed by atoms with Crippen molar-refractivity contribution in [2.24, 2.45) is 5.92 Å². The Hall–Kier alpha value is -0.950. The zero-order valence-corrected chi connectivity index (χ0v) is 16.9. The third-order valence-electron chi connectivity index (χ3n) is 7.21. The van der Waals surface area contributed by atoms with Crippen molar-refractivity contribution in [1.29, 1.82) is 0 Å². The van der Waals surface area contributed by atoms with Crippen LogP contribution in [0.3, 0.4) is 0 Å². The lowest BCUT2D eigenvalue weighted by Gasteiger charge is -2.49. The fourth-order valence-electron chi connectivity index (χ4n) is 5.80. The Balaban J connectivity index is 1.53. The number of fused-ring (bicyclic) bond motifs is 4. The molecule has 0 aromatic heterocycles. The second kappa shape index (κ2) is 7.14. The molecule has 0 saturated carbocycles. The Morgan fingerprint density at radius 2 is 1.89 bits per heavy atom. The summed E-state index contributed by atoms with van der Waals surface area (Å²) < 4.78 is 28.7. The van der Waals surface area contributed by atoms with Crippen molar-refractivity contribution in [3.8, 4) is 0 Å². The van der Waals surface area contributed by atoms with Crippen LogP contribution < -0.4 is 5.32 Å². The molecule has 3 atom stereocenters. The second-order valence-corrected chi connectivity index (χ2v) is 10.7. The Morgan fingerprint density at radius 1 is 1.04 bits per heavy atom. The minimum atomic E-state index is -3.40. The molecule has 3 unspecified atom stereocenters. The van der Waals surface area contributed by atoms with Crippen LogP contribution in [0.25, 0.3) is 0 Å². The molecular formula is C21H31N3O2S. The molecule has 0 spiro atoms. The number of hydrogen-bond acceptors (Lipinski definition) is 4. The van der Waals surface area contributed by atoms with Crippen LogP contribution in [0.4, 0.5) is 0 Å². The molecule has 3 fully saturated rings. The molecule has 3 saturated heterocycles. The van der Waals surface area contributed by atoms with Gasteiger partial charge >= 0.3 is 0 Å². The molecule has 1 N–H and O–H groups in total. The zero-order valence-electron chi connectivity index (χ0n) is 16.1. The quantitative estimate of drug-likeness (QED) is 0.845. The Bertz CT molecular complexity index is 804. The maximum atomic E-state index is 13.5. The molecule has 4 aliphatic heterocycles. The highest BCUT2D eigenvalue weighted by Gasteiger charge is 2.42. The molecule has 0 amide bonds. The summed E-state index contributed by atoms with van der Waals surface area (Å²) in [5.41, 5.74) is 2.36. The number of rotatable bonds is 2. The highest BCUT2D eigenvalue weighted by Crippen LogP contribution is 2.43. The Labute approximate surface area is 163 Å². The smallest absolute Gasteiger partial charge is 0.243 e. The molecule has 4 aliphatic rings. The summed E-state index contributed by atoms with van der Waals surface area (Å²) in [6, 6.07) is 6.76. The SMILES string of the molecule is O=S(=O)(c1cccc2c1C1CC3NCCCC3CN1CC2)N1CCCCC1. The summed E-state index contributed by atoms with van der Waals surface area (Å²) in [7, 11) is -3.40. The average molecular weight is 390 g/mol. The zero-order chi connectivity index (χ0) is 18.4. The van der Waals surface area contributed by atoms with E-state index in [1.165, 1.54) is 18.4 Å². The van der Waals surface area contributed by atoms with Crippen LogP contribution in [0.2, 0.25) is 0 Å². The van der Waals surface area contributed by atoms with Crippen LogP contribution in [0.5, 0.6) is 0 Å². The summed E-state index contributed by atoms with van der Waals surface area (Å²) >= 11 is 0. The Morgan fingerprint density at radius 3 is 2.74 bits per heavy atom. The normalized spacial score (nSPS) is 32.4. The lowest BCUT2D eigenvalue weighted by Crippen LogP contribution is -2.55. The molecule has 0 radical (unpaired) electrons. The van der Waals surface area contributed by atoms with Gasteiger partial charge in [-0.05, 0) is 68.2 Å². The highest BCUT2D eigenvalue weighted by molar-refractivity contribution is 7.89. The molecule has 6 heteroatoms. The number of hydrogen-bond donors (Lipinski definition) is 1. The minimum absolute atomic E-state index is 0.247. The van der Waals surface area contributed by atoms with Gasteiger partial charge in [-0.2, -0.15) is 4.31 Å². The highest BCUT2D eigenvalue weighted by atomic mass is 32.2. The second-order valence-electron chi connectivity index (χ2n) is 8.75. The number of benzene rings is 1. The van der Waals surface area contributed by atoms with Crippen LogP contribution in [0, 0.1) is 5.92 Å². The maximum absolute atomic E-state index is 13.5. The molecule has 27 heavy (non-hydrogen) atoms. The monoisotopic (exact) mass is 389 g/mol. The lowest BCUT2D eigenvalue weighted by atomic mass is 9.77. The van der Waals surface area contributed by atoms with E-state index in [0.717, 1.165) is 63.2 Å². The predicted molar refractivity (Wildman–Crippen MR) is 106 cm³/mol. The van der Waals surface area contributed by atoms with Gasteiger partial charge in [0.15, 0.2) is 0 Å². The van der Waals surface area contributed by atoms with Crippen LogP contribution >= 0.6 is 0 Å². The topological polar surface area (TPSA) is 52.7 Å². The van der Waals surface area contributed by atoms with Gasteiger partial charge in [-0.1, -0.05) is 18.6 Å². The van der Waals surface area contributed by atoms with Crippen molar-refractivity contribution in [2.45, 2.75) is 61.9 Å². The van der Waals surface area contributed by atoms with Gasteiger partial charge < -0.3 is 5.32 Å². The van der Waals surface area contributed by atoms with Crippen LogP contribution in [-0.4, -0.2) is 56.4 Å². The molecule has 0 aliphatic carbocycles. The first kappa shape index (κ1) is 18.1. The van der Waals surface area contributed by atoms with Gasteiger partial charge in [-0.15, -0.1) is 0 Å². The molecule has 0 bridgehead atoms. The van der Waals surface area contributed by atoms with Crippen LogP contribution in [0.1, 0.15) is 55.7 Å². The molecule has 5 nitrogen and oxygen atoms in total. The van der Waals surface area contributed by atoms with E-state index in [9.17, 15) is 8.42 Å². The van der Waals surface area contributed by atoms with E-state index in [1.807, 2.05) is 12.1 Å². The average Bonchev–Trinajstić information content (AvgIpc) is 2.72. The van der Waals surface area contributed by atoms with Crippen LogP contribution in [0.15, 0.2) is 23.1 Å². The van der Waals surface area contributed by atoms with Gasteiger partial charge in [0, 0.05) is 38.3 Å². The van der Waals surface area contributed by atoms with Crippen molar-refractivity contribution >= 4 is 10.0 Å². The predicted octanol–water partition coefficient (Wildman–Crippen LogP) is 2.53. The molecular weight excluding hydrogens is 358 g/mol. The van der Waals surface area contributed by atoms with Crippen molar-refractivity contribution in [2.75, 3.05) is 32.7 Å². The third-order valence-corrected chi connectivity index (χ3v) is 9.16. The van der Waals surface area contributed by atoms with Gasteiger partial charge in [0.05, 0.1) is 4.90 Å².